The topological polar surface area (TPSA) is 37.4 Å². The van der Waals surface area contributed by atoms with E-state index in [1.165, 1.54) is 4.90 Å². The summed E-state index contributed by atoms with van der Waals surface area (Å²) >= 11 is 0. The fraction of sp³-hybridized carbons (Fsp3) is 0.0588. The maximum Gasteiger partial charge on any atom is 0.304 e. The van der Waals surface area contributed by atoms with Gasteiger partial charge in [0.25, 0.3) is 5.78 Å². The Kier molecular flexibility index (Phi) is 2.95. The predicted octanol–water partition coefficient (Wildman–Crippen LogP) is 3.28. The van der Waals surface area contributed by atoms with Gasteiger partial charge in [-0.2, -0.15) is 0 Å². The fourth-order valence-electron chi connectivity index (χ4n) is 2.39. The summed E-state index contributed by atoms with van der Waals surface area (Å²) < 4.78 is 0. The summed E-state index contributed by atoms with van der Waals surface area (Å²) in [6.07, 6.45) is 2.61. The van der Waals surface area contributed by atoms with Crippen LogP contribution in [0, 0.1) is 0 Å². The molecule has 0 aliphatic carbocycles. The zero-order valence-corrected chi connectivity index (χ0v) is 10.9. The van der Waals surface area contributed by atoms with Crippen molar-refractivity contribution in [3.8, 4) is 0 Å². The molecule has 3 heteroatoms. The highest BCUT2D eigenvalue weighted by Gasteiger charge is 2.36. The standard InChI is InChI=1S/C17H13NO2/c1-2-5-12-8-10-13(11-9-12)18-15-7-4-3-6-14(15)16(19)17(18)20/h2-4,6-11H,1,5H2. The van der Waals surface area contributed by atoms with E-state index in [0.29, 0.717) is 16.9 Å². The Bertz CT molecular complexity index is 701. The third-order valence-electron chi connectivity index (χ3n) is 3.36. The number of para-hydroxylation sites is 1. The van der Waals surface area contributed by atoms with Crippen LogP contribution < -0.4 is 4.90 Å². The summed E-state index contributed by atoms with van der Waals surface area (Å²) in [5, 5.41) is 0. The second-order valence-electron chi connectivity index (χ2n) is 4.65. The maximum atomic E-state index is 12.1. The number of allylic oxidation sites excluding steroid dienone is 1. The average molecular weight is 263 g/mol. The van der Waals surface area contributed by atoms with Crippen molar-refractivity contribution in [2.24, 2.45) is 0 Å². The van der Waals surface area contributed by atoms with Gasteiger partial charge in [-0.3, -0.25) is 14.5 Å². The van der Waals surface area contributed by atoms with Gasteiger partial charge in [0.2, 0.25) is 0 Å². The minimum Gasteiger partial charge on any atom is -0.283 e. The number of carbonyl (C=O) groups is 2. The summed E-state index contributed by atoms with van der Waals surface area (Å²) in [4.78, 5) is 25.5. The summed E-state index contributed by atoms with van der Waals surface area (Å²) in [7, 11) is 0. The molecule has 0 fully saturated rings. The Morgan fingerprint density at radius 2 is 1.70 bits per heavy atom. The van der Waals surface area contributed by atoms with E-state index in [2.05, 4.69) is 6.58 Å². The molecular formula is C17H13NO2. The normalized spacial score (nSPS) is 13.5. The second kappa shape index (κ2) is 4.78. The largest absolute Gasteiger partial charge is 0.304 e. The predicted molar refractivity (Wildman–Crippen MR) is 78.3 cm³/mol. The number of carbonyl (C=O) groups excluding carboxylic acids is 2. The highest BCUT2D eigenvalue weighted by atomic mass is 16.2. The lowest BCUT2D eigenvalue weighted by atomic mass is 10.1. The molecule has 20 heavy (non-hydrogen) atoms. The number of hydrogen-bond donors (Lipinski definition) is 0. The number of anilines is 2. The van der Waals surface area contributed by atoms with Crippen LogP contribution >= 0.6 is 0 Å². The third-order valence-corrected chi connectivity index (χ3v) is 3.36. The van der Waals surface area contributed by atoms with E-state index in [1.807, 2.05) is 36.4 Å². The first-order chi connectivity index (χ1) is 9.72. The molecule has 0 saturated carbocycles. The molecule has 0 saturated heterocycles. The Hall–Kier alpha value is -2.68. The van der Waals surface area contributed by atoms with Crippen LogP contribution in [0.15, 0.2) is 61.2 Å². The molecule has 1 aliphatic heterocycles. The zero-order valence-electron chi connectivity index (χ0n) is 10.9. The molecule has 2 aromatic carbocycles. The van der Waals surface area contributed by atoms with E-state index in [-0.39, 0.29) is 0 Å². The van der Waals surface area contributed by atoms with E-state index in [9.17, 15) is 9.59 Å². The van der Waals surface area contributed by atoms with Gasteiger partial charge < -0.3 is 0 Å². The highest BCUT2D eigenvalue weighted by molar-refractivity contribution is 6.53. The summed E-state index contributed by atoms with van der Waals surface area (Å²) in [6.45, 7) is 3.70. The molecule has 0 N–H and O–H groups in total. The molecule has 1 heterocycles. The average Bonchev–Trinajstić information content (AvgIpc) is 2.73. The molecule has 0 atom stereocenters. The molecule has 0 spiro atoms. The first kappa shape index (κ1) is 12.4. The zero-order chi connectivity index (χ0) is 14.1. The molecule has 3 nitrogen and oxygen atoms in total. The van der Waals surface area contributed by atoms with Gasteiger partial charge in [-0.15, -0.1) is 6.58 Å². The third kappa shape index (κ3) is 1.84. The quantitative estimate of drug-likeness (QED) is 0.629. The molecule has 1 amide bonds. The number of benzene rings is 2. The van der Waals surface area contributed by atoms with E-state index >= 15 is 0 Å². The van der Waals surface area contributed by atoms with Crippen molar-refractivity contribution in [3.63, 3.8) is 0 Å². The van der Waals surface area contributed by atoms with Gasteiger partial charge in [-0.05, 0) is 36.2 Å². The molecule has 0 unspecified atom stereocenters. The van der Waals surface area contributed by atoms with E-state index in [0.717, 1.165) is 12.0 Å². The highest BCUT2D eigenvalue weighted by Crippen LogP contribution is 2.35. The molecule has 98 valence electrons. The number of ketones is 1. The molecule has 0 aromatic heterocycles. The first-order valence-corrected chi connectivity index (χ1v) is 6.40. The van der Waals surface area contributed by atoms with Crippen molar-refractivity contribution >= 4 is 23.1 Å². The summed E-state index contributed by atoms with van der Waals surface area (Å²) in [6, 6.07) is 14.6. The van der Waals surface area contributed by atoms with Gasteiger partial charge in [0.1, 0.15) is 0 Å². The van der Waals surface area contributed by atoms with Gasteiger partial charge in [0, 0.05) is 5.69 Å². The Labute approximate surface area is 117 Å². The first-order valence-electron chi connectivity index (χ1n) is 6.40. The van der Waals surface area contributed by atoms with Gasteiger partial charge in [0.05, 0.1) is 11.3 Å². The van der Waals surface area contributed by atoms with Gasteiger partial charge in [-0.1, -0.05) is 30.3 Å². The van der Waals surface area contributed by atoms with Crippen LogP contribution in [0.1, 0.15) is 15.9 Å². The molecule has 2 aromatic rings. The number of nitrogens with zero attached hydrogens (tertiary/aromatic N) is 1. The van der Waals surface area contributed by atoms with Crippen LogP contribution in [-0.4, -0.2) is 11.7 Å². The van der Waals surface area contributed by atoms with Crippen molar-refractivity contribution in [2.45, 2.75) is 6.42 Å². The maximum absolute atomic E-state index is 12.1. The number of amides is 1. The molecule has 3 rings (SSSR count). The summed E-state index contributed by atoms with van der Waals surface area (Å²) in [5.41, 5.74) is 2.95. The Balaban J connectivity index is 2.04. The van der Waals surface area contributed by atoms with E-state index in [1.54, 1.807) is 18.2 Å². The minimum absolute atomic E-state index is 0.448. The van der Waals surface area contributed by atoms with Crippen LogP contribution in [0.5, 0.6) is 0 Å². The monoisotopic (exact) mass is 263 g/mol. The number of rotatable bonds is 3. The lowest BCUT2D eigenvalue weighted by Crippen LogP contribution is -2.24. The van der Waals surface area contributed by atoms with Crippen molar-refractivity contribution in [1.29, 1.82) is 0 Å². The number of Topliss-reactive ketones (excluding diaryl/α,β-unsaturated/α-hetero) is 1. The van der Waals surface area contributed by atoms with Crippen molar-refractivity contribution in [2.75, 3.05) is 4.90 Å². The van der Waals surface area contributed by atoms with Crippen LogP contribution in [0.2, 0.25) is 0 Å². The van der Waals surface area contributed by atoms with Gasteiger partial charge >= 0.3 is 5.91 Å². The molecule has 1 aliphatic rings. The Morgan fingerprint density at radius 3 is 2.40 bits per heavy atom. The smallest absolute Gasteiger partial charge is 0.283 e. The van der Waals surface area contributed by atoms with E-state index in [4.69, 9.17) is 0 Å². The second-order valence-corrected chi connectivity index (χ2v) is 4.65. The van der Waals surface area contributed by atoms with Crippen LogP contribution in [-0.2, 0) is 11.2 Å². The molecule has 0 radical (unpaired) electrons. The van der Waals surface area contributed by atoms with Gasteiger partial charge in [0.15, 0.2) is 0 Å². The van der Waals surface area contributed by atoms with E-state index < -0.39 is 11.7 Å². The number of hydrogen-bond acceptors (Lipinski definition) is 2. The van der Waals surface area contributed by atoms with Crippen molar-refractivity contribution < 1.29 is 9.59 Å². The number of fused-ring (bicyclic) bond motifs is 1. The molecule has 0 bridgehead atoms. The van der Waals surface area contributed by atoms with Crippen molar-refractivity contribution in [3.05, 3.63) is 72.3 Å². The van der Waals surface area contributed by atoms with Crippen molar-refractivity contribution in [1.82, 2.24) is 0 Å². The SMILES string of the molecule is C=CCc1ccc(N2C(=O)C(=O)c3ccccc32)cc1. The minimum atomic E-state index is -0.498. The molecular weight excluding hydrogens is 250 g/mol. The lowest BCUT2D eigenvalue weighted by molar-refractivity contribution is -0.113. The van der Waals surface area contributed by atoms with Gasteiger partial charge in [-0.25, -0.2) is 0 Å². The summed E-state index contributed by atoms with van der Waals surface area (Å²) in [5.74, 6) is -0.946. The lowest BCUT2D eigenvalue weighted by Gasteiger charge is -2.16. The fourth-order valence-corrected chi connectivity index (χ4v) is 2.39. The van der Waals surface area contributed by atoms with Crippen LogP contribution in [0.3, 0.4) is 0 Å². The van der Waals surface area contributed by atoms with Crippen LogP contribution in [0.4, 0.5) is 11.4 Å². The Morgan fingerprint density at radius 1 is 1.00 bits per heavy atom. The van der Waals surface area contributed by atoms with Crippen LogP contribution in [0.25, 0.3) is 0 Å².